The molecule has 0 fully saturated rings. The Balaban J connectivity index is 2.63. The minimum atomic E-state index is -0.427. The van der Waals surface area contributed by atoms with Crippen LogP contribution in [0.3, 0.4) is 0 Å². The Morgan fingerprint density at radius 2 is 1.94 bits per heavy atom. The van der Waals surface area contributed by atoms with Crippen LogP contribution in [0.2, 0.25) is 0 Å². The highest BCUT2D eigenvalue weighted by molar-refractivity contribution is 5.84. The highest BCUT2D eigenvalue weighted by atomic mass is 16.3. The minimum absolute atomic E-state index is 0.140. The Kier molecular flexibility index (Phi) is 2.55. The number of benzene rings is 1. The van der Waals surface area contributed by atoms with Crippen molar-refractivity contribution in [3.05, 3.63) is 35.5 Å². The number of aliphatic hydroxyl groups excluding tert-OH is 1. The summed E-state index contributed by atoms with van der Waals surface area (Å²) in [5, 5.41) is 10.8. The van der Waals surface area contributed by atoms with E-state index in [0.717, 1.165) is 16.5 Å². The van der Waals surface area contributed by atoms with E-state index in [1.165, 1.54) is 5.56 Å². The molecule has 1 aromatic carbocycles. The molecule has 0 aliphatic rings. The van der Waals surface area contributed by atoms with Gasteiger partial charge in [0.15, 0.2) is 0 Å². The topological polar surface area (TPSA) is 36.0 Å². The molecule has 0 amide bonds. The van der Waals surface area contributed by atoms with Crippen molar-refractivity contribution in [2.75, 3.05) is 0 Å². The largest absolute Gasteiger partial charge is 0.389 e. The number of hydrogen-bond donors (Lipinski definition) is 2. The maximum absolute atomic E-state index is 9.68. The predicted octanol–water partition coefficient (Wildman–Crippen LogP) is 3.52. The molecule has 2 aromatic rings. The van der Waals surface area contributed by atoms with E-state index in [-0.39, 0.29) is 5.41 Å². The van der Waals surface area contributed by atoms with Crippen molar-refractivity contribution in [1.82, 2.24) is 4.98 Å². The summed E-state index contributed by atoms with van der Waals surface area (Å²) in [6.45, 7) is 8.39. The molecule has 2 nitrogen and oxygen atoms in total. The normalized spacial score (nSPS) is 14.3. The monoisotopic (exact) mass is 217 g/mol. The fourth-order valence-electron chi connectivity index (χ4n) is 1.95. The molecular weight excluding hydrogens is 198 g/mol. The maximum Gasteiger partial charge on any atom is 0.0782 e. The zero-order valence-electron chi connectivity index (χ0n) is 10.3. The Bertz CT molecular complexity index is 503. The van der Waals surface area contributed by atoms with Gasteiger partial charge in [-0.1, -0.05) is 26.8 Å². The number of H-pyrrole nitrogens is 1. The number of aliphatic hydroxyl groups is 1. The van der Waals surface area contributed by atoms with E-state index in [1.807, 2.05) is 6.20 Å². The second-order valence-corrected chi connectivity index (χ2v) is 5.43. The van der Waals surface area contributed by atoms with Crippen LogP contribution >= 0.6 is 0 Å². The van der Waals surface area contributed by atoms with Gasteiger partial charge in [0, 0.05) is 22.7 Å². The van der Waals surface area contributed by atoms with Crippen molar-refractivity contribution in [2.45, 2.75) is 39.2 Å². The van der Waals surface area contributed by atoms with Gasteiger partial charge in [-0.3, -0.25) is 0 Å². The van der Waals surface area contributed by atoms with E-state index in [1.54, 1.807) is 6.92 Å². The number of fused-ring (bicyclic) bond motifs is 1. The lowest BCUT2D eigenvalue weighted by atomic mass is 9.86. The highest BCUT2D eigenvalue weighted by Gasteiger charge is 2.16. The SMILES string of the molecule is C[C@@H](O)c1c[nH]c2ccc(C(C)(C)C)cc12. The van der Waals surface area contributed by atoms with Crippen LogP contribution in [0.4, 0.5) is 0 Å². The Labute approximate surface area is 96.3 Å². The number of aromatic nitrogens is 1. The van der Waals surface area contributed by atoms with Crippen LogP contribution in [-0.4, -0.2) is 10.1 Å². The first-order valence-electron chi connectivity index (χ1n) is 5.69. The number of hydrogen-bond acceptors (Lipinski definition) is 1. The average molecular weight is 217 g/mol. The third kappa shape index (κ3) is 1.85. The molecule has 0 radical (unpaired) electrons. The summed E-state index contributed by atoms with van der Waals surface area (Å²) >= 11 is 0. The third-order valence-electron chi connectivity index (χ3n) is 3.03. The lowest BCUT2D eigenvalue weighted by Crippen LogP contribution is -2.10. The van der Waals surface area contributed by atoms with E-state index in [0.29, 0.717) is 0 Å². The quantitative estimate of drug-likeness (QED) is 0.753. The van der Waals surface area contributed by atoms with Crippen LogP contribution in [0.15, 0.2) is 24.4 Å². The molecule has 16 heavy (non-hydrogen) atoms. The highest BCUT2D eigenvalue weighted by Crippen LogP contribution is 2.29. The molecule has 86 valence electrons. The van der Waals surface area contributed by atoms with Crippen LogP contribution in [0.5, 0.6) is 0 Å². The van der Waals surface area contributed by atoms with Crippen molar-refractivity contribution in [2.24, 2.45) is 0 Å². The van der Waals surface area contributed by atoms with Crippen LogP contribution in [-0.2, 0) is 5.41 Å². The summed E-state index contributed by atoms with van der Waals surface area (Å²) in [6.07, 6.45) is 1.46. The van der Waals surface area contributed by atoms with Crippen LogP contribution < -0.4 is 0 Å². The van der Waals surface area contributed by atoms with Gasteiger partial charge < -0.3 is 10.1 Å². The van der Waals surface area contributed by atoms with Crippen LogP contribution in [0.1, 0.15) is 44.9 Å². The fraction of sp³-hybridized carbons (Fsp3) is 0.429. The zero-order chi connectivity index (χ0) is 11.9. The molecule has 0 bridgehead atoms. The molecule has 0 aliphatic heterocycles. The first-order valence-corrected chi connectivity index (χ1v) is 5.69. The lowest BCUT2D eigenvalue weighted by molar-refractivity contribution is 0.201. The first-order chi connectivity index (χ1) is 7.39. The molecular formula is C14H19NO. The second-order valence-electron chi connectivity index (χ2n) is 5.43. The van der Waals surface area contributed by atoms with Gasteiger partial charge in [-0.2, -0.15) is 0 Å². The Morgan fingerprint density at radius 1 is 1.25 bits per heavy atom. The second kappa shape index (κ2) is 3.63. The summed E-state index contributed by atoms with van der Waals surface area (Å²) in [4.78, 5) is 3.19. The molecule has 1 atom stereocenters. The van der Waals surface area contributed by atoms with Gasteiger partial charge in [0.05, 0.1) is 6.10 Å². The van der Waals surface area contributed by atoms with Gasteiger partial charge in [0.1, 0.15) is 0 Å². The maximum atomic E-state index is 9.68. The van der Waals surface area contributed by atoms with Crippen molar-refractivity contribution in [1.29, 1.82) is 0 Å². The van der Waals surface area contributed by atoms with Crippen molar-refractivity contribution >= 4 is 10.9 Å². The molecule has 0 spiro atoms. The van der Waals surface area contributed by atoms with Crippen molar-refractivity contribution in [3.8, 4) is 0 Å². The van der Waals surface area contributed by atoms with Gasteiger partial charge in [-0.05, 0) is 30.0 Å². The first kappa shape index (κ1) is 11.2. The van der Waals surface area contributed by atoms with Crippen LogP contribution in [0, 0.1) is 0 Å². The standard InChI is InChI=1S/C14H19NO/c1-9(16)12-8-15-13-6-5-10(7-11(12)13)14(2,3)4/h5-9,15-16H,1-4H3/t9-/m1/s1. The predicted molar refractivity (Wildman–Crippen MR) is 67.6 cm³/mol. The van der Waals surface area contributed by atoms with E-state index in [2.05, 4.69) is 44.0 Å². The summed E-state index contributed by atoms with van der Waals surface area (Å²) in [5.41, 5.74) is 3.49. The molecule has 0 saturated carbocycles. The van der Waals surface area contributed by atoms with Gasteiger partial charge in [-0.15, -0.1) is 0 Å². The van der Waals surface area contributed by atoms with Crippen molar-refractivity contribution < 1.29 is 5.11 Å². The molecule has 0 saturated heterocycles. The third-order valence-corrected chi connectivity index (χ3v) is 3.03. The molecule has 1 aromatic heterocycles. The average Bonchev–Trinajstić information content (AvgIpc) is 2.58. The smallest absolute Gasteiger partial charge is 0.0782 e. The van der Waals surface area contributed by atoms with Gasteiger partial charge in [-0.25, -0.2) is 0 Å². The number of nitrogens with one attached hydrogen (secondary N) is 1. The van der Waals surface area contributed by atoms with E-state index in [4.69, 9.17) is 0 Å². The summed E-state index contributed by atoms with van der Waals surface area (Å²) in [6, 6.07) is 6.40. The van der Waals surface area contributed by atoms with E-state index < -0.39 is 6.10 Å². The Hall–Kier alpha value is -1.28. The molecule has 0 aliphatic carbocycles. The number of aromatic amines is 1. The molecule has 1 heterocycles. The molecule has 0 unspecified atom stereocenters. The summed E-state index contributed by atoms with van der Waals surface area (Å²) < 4.78 is 0. The Morgan fingerprint density at radius 3 is 2.50 bits per heavy atom. The van der Waals surface area contributed by atoms with E-state index >= 15 is 0 Å². The van der Waals surface area contributed by atoms with Gasteiger partial charge >= 0.3 is 0 Å². The lowest BCUT2D eigenvalue weighted by Gasteiger charge is -2.19. The van der Waals surface area contributed by atoms with Gasteiger partial charge in [0.25, 0.3) is 0 Å². The van der Waals surface area contributed by atoms with Crippen LogP contribution in [0.25, 0.3) is 10.9 Å². The molecule has 2 heteroatoms. The molecule has 2 N–H and O–H groups in total. The summed E-state index contributed by atoms with van der Waals surface area (Å²) in [5.74, 6) is 0. The molecule has 2 rings (SSSR count). The minimum Gasteiger partial charge on any atom is -0.389 e. The zero-order valence-corrected chi connectivity index (χ0v) is 10.3. The fourth-order valence-corrected chi connectivity index (χ4v) is 1.95. The summed E-state index contributed by atoms with van der Waals surface area (Å²) in [7, 11) is 0. The van der Waals surface area contributed by atoms with E-state index in [9.17, 15) is 5.11 Å². The van der Waals surface area contributed by atoms with Gasteiger partial charge in [0.2, 0.25) is 0 Å². The number of rotatable bonds is 1. The van der Waals surface area contributed by atoms with Crippen molar-refractivity contribution in [3.63, 3.8) is 0 Å².